The Kier molecular flexibility index (Phi) is 2.36. The second-order valence-corrected chi connectivity index (χ2v) is 2.32. The molecule has 0 N–H and O–H groups in total. The molecule has 0 radical (unpaired) electrons. The minimum Gasteiger partial charge on any atom is -0.298 e. The second kappa shape index (κ2) is 3.28. The molecular formula is C9H9FO. The van der Waals surface area contributed by atoms with E-state index < -0.39 is 0 Å². The highest BCUT2D eigenvalue weighted by Crippen LogP contribution is 2.09. The van der Waals surface area contributed by atoms with Crippen molar-refractivity contribution in [2.45, 2.75) is 13.3 Å². The molecule has 0 aliphatic heterocycles. The summed E-state index contributed by atoms with van der Waals surface area (Å²) in [6.45, 7) is 1.85. The van der Waals surface area contributed by atoms with E-state index >= 15 is 0 Å². The normalized spacial score (nSPS) is 9.64. The Morgan fingerprint density at radius 2 is 2.27 bits per heavy atom. The fourth-order valence-electron chi connectivity index (χ4n) is 0.939. The van der Waals surface area contributed by atoms with E-state index in [2.05, 4.69) is 0 Å². The minimum atomic E-state index is -0.238. The standard InChI is InChI=1S/C9H9FO/c1-2-8-5-7(6-11)3-4-9(8)10/h3-6H,2H2,1H3. The van der Waals surface area contributed by atoms with Gasteiger partial charge in [-0.3, -0.25) is 4.79 Å². The van der Waals surface area contributed by atoms with Gasteiger partial charge < -0.3 is 0 Å². The van der Waals surface area contributed by atoms with Crippen LogP contribution in [0.4, 0.5) is 4.39 Å². The van der Waals surface area contributed by atoms with E-state index in [0.717, 1.165) is 6.29 Å². The molecule has 0 amide bonds. The Hall–Kier alpha value is -1.18. The first-order chi connectivity index (χ1) is 5.27. The molecule has 1 aromatic rings. The molecule has 0 heterocycles. The fraction of sp³-hybridized carbons (Fsp3) is 0.222. The number of hydrogen-bond acceptors (Lipinski definition) is 1. The monoisotopic (exact) mass is 152 g/mol. The molecule has 58 valence electrons. The van der Waals surface area contributed by atoms with Crippen molar-refractivity contribution in [2.24, 2.45) is 0 Å². The van der Waals surface area contributed by atoms with E-state index in [1.165, 1.54) is 12.1 Å². The Balaban J connectivity index is 3.12. The summed E-state index contributed by atoms with van der Waals surface area (Å²) < 4.78 is 12.8. The van der Waals surface area contributed by atoms with Crippen LogP contribution in [-0.2, 0) is 6.42 Å². The maximum atomic E-state index is 12.8. The second-order valence-electron chi connectivity index (χ2n) is 2.32. The maximum Gasteiger partial charge on any atom is 0.150 e. The van der Waals surface area contributed by atoms with Crippen molar-refractivity contribution in [3.63, 3.8) is 0 Å². The summed E-state index contributed by atoms with van der Waals surface area (Å²) in [4.78, 5) is 10.3. The zero-order chi connectivity index (χ0) is 8.27. The van der Waals surface area contributed by atoms with Crippen molar-refractivity contribution in [1.29, 1.82) is 0 Å². The molecule has 0 atom stereocenters. The summed E-state index contributed by atoms with van der Waals surface area (Å²) in [5, 5.41) is 0. The lowest BCUT2D eigenvalue weighted by molar-refractivity contribution is 0.112. The van der Waals surface area contributed by atoms with Crippen molar-refractivity contribution >= 4 is 6.29 Å². The molecule has 1 nitrogen and oxygen atoms in total. The lowest BCUT2D eigenvalue weighted by Gasteiger charge is -1.98. The third-order valence-corrected chi connectivity index (χ3v) is 1.59. The molecule has 0 aromatic heterocycles. The minimum absolute atomic E-state index is 0.238. The third kappa shape index (κ3) is 1.64. The molecule has 2 heteroatoms. The number of halogens is 1. The van der Waals surface area contributed by atoms with E-state index in [-0.39, 0.29) is 5.82 Å². The molecule has 0 unspecified atom stereocenters. The van der Waals surface area contributed by atoms with Crippen LogP contribution in [0.25, 0.3) is 0 Å². The molecule has 0 saturated carbocycles. The van der Waals surface area contributed by atoms with Gasteiger partial charge in [0, 0.05) is 5.56 Å². The van der Waals surface area contributed by atoms with Crippen molar-refractivity contribution in [2.75, 3.05) is 0 Å². The van der Waals surface area contributed by atoms with E-state index in [1.807, 2.05) is 6.92 Å². The van der Waals surface area contributed by atoms with Gasteiger partial charge in [-0.2, -0.15) is 0 Å². The predicted octanol–water partition coefficient (Wildman–Crippen LogP) is 2.20. The highest BCUT2D eigenvalue weighted by Gasteiger charge is 1.99. The summed E-state index contributed by atoms with van der Waals surface area (Å²) in [6, 6.07) is 4.37. The van der Waals surface area contributed by atoms with Gasteiger partial charge in [0.1, 0.15) is 12.1 Å². The van der Waals surface area contributed by atoms with Crippen LogP contribution in [-0.4, -0.2) is 6.29 Å². The summed E-state index contributed by atoms with van der Waals surface area (Å²) >= 11 is 0. The number of carbonyl (C=O) groups is 1. The van der Waals surface area contributed by atoms with Crippen LogP contribution in [0.1, 0.15) is 22.8 Å². The molecule has 0 spiro atoms. The fourth-order valence-corrected chi connectivity index (χ4v) is 0.939. The van der Waals surface area contributed by atoms with Crippen molar-refractivity contribution in [3.8, 4) is 0 Å². The lowest BCUT2D eigenvalue weighted by atomic mass is 10.1. The number of benzene rings is 1. The van der Waals surface area contributed by atoms with Crippen LogP contribution in [0, 0.1) is 5.82 Å². The van der Waals surface area contributed by atoms with Crippen LogP contribution >= 0.6 is 0 Å². The highest BCUT2D eigenvalue weighted by molar-refractivity contribution is 5.74. The molecular weight excluding hydrogens is 143 g/mol. The smallest absolute Gasteiger partial charge is 0.150 e. The molecule has 0 aliphatic rings. The lowest BCUT2D eigenvalue weighted by Crippen LogP contribution is -1.89. The molecule has 0 bridgehead atoms. The van der Waals surface area contributed by atoms with Gasteiger partial charge in [0.2, 0.25) is 0 Å². The SMILES string of the molecule is CCc1cc(C=O)ccc1F. The largest absolute Gasteiger partial charge is 0.298 e. The zero-order valence-electron chi connectivity index (χ0n) is 6.30. The molecule has 0 fully saturated rings. The van der Waals surface area contributed by atoms with E-state index in [4.69, 9.17) is 0 Å². The van der Waals surface area contributed by atoms with Gasteiger partial charge in [-0.15, -0.1) is 0 Å². The van der Waals surface area contributed by atoms with Gasteiger partial charge in [-0.25, -0.2) is 4.39 Å². The highest BCUT2D eigenvalue weighted by atomic mass is 19.1. The number of aryl methyl sites for hydroxylation is 1. The number of hydrogen-bond donors (Lipinski definition) is 0. The summed E-state index contributed by atoms with van der Waals surface area (Å²) in [5.41, 5.74) is 1.12. The van der Waals surface area contributed by atoms with Crippen LogP contribution < -0.4 is 0 Å². The third-order valence-electron chi connectivity index (χ3n) is 1.59. The average Bonchev–Trinajstić information content (AvgIpc) is 2.05. The Morgan fingerprint density at radius 1 is 1.55 bits per heavy atom. The number of aldehydes is 1. The molecule has 0 aliphatic carbocycles. The molecule has 1 rings (SSSR count). The van der Waals surface area contributed by atoms with E-state index in [9.17, 15) is 9.18 Å². The Morgan fingerprint density at radius 3 is 2.82 bits per heavy atom. The van der Waals surface area contributed by atoms with Crippen LogP contribution in [0.15, 0.2) is 18.2 Å². The Bertz CT molecular complexity index is 268. The first-order valence-corrected chi connectivity index (χ1v) is 3.51. The molecule has 1 aromatic carbocycles. The van der Waals surface area contributed by atoms with Crippen molar-refractivity contribution in [1.82, 2.24) is 0 Å². The van der Waals surface area contributed by atoms with Gasteiger partial charge in [-0.05, 0) is 30.2 Å². The summed E-state index contributed by atoms with van der Waals surface area (Å²) in [5.74, 6) is -0.238. The Labute approximate surface area is 64.9 Å². The van der Waals surface area contributed by atoms with Crippen LogP contribution in [0.3, 0.4) is 0 Å². The molecule has 11 heavy (non-hydrogen) atoms. The van der Waals surface area contributed by atoms with E-state index in [1.54, 1.807) is 6.07 Å². The van der Waals surface area contributed by atoms with Gasteiger partial charge in [0.15, 0.2) is 0 Å². The summed E-state index contributed by atoms with van der Waals surface area (Å²) in [7, 11) is 0. The number of carbonyl (C=O) groups excluding carboxylic acids is 1. The predicted molar refractivity (Wildman–Crippen MR) is 41.2 cm³/mol. The van der Waals surface area contributed by atoms with Gasteiger partial charge in [0.05, 0.1) is 0 Å². The van der Waals surface area contributed by atoms with Crippen molar-refractivity contribution < 1.29 is 9.18 Å². The topological polar surface area (TPSA) is 17.1 Å². The van der Waals surface area contributed by atoms with Gasteiger partial charge in [-0.1, -0.05) is 6.92 Å². The van der Waals surface area contributed by atoms with Crippen LogP contribution in [0.5, 0.6) is 0 Å². The van der Waals surface area contributed by atoms with Gasteiger partial charge >= 0.3 is 0 Å². The first-order valence-electron chi connectivity index (χ1n) is 3.51. The van der Waals surface area contributed by atoms with E-state index in [0.29, 0.717) is 17.5 Å². The summed E-state index contributed by atoms with van der Waals surface area (Å²) in [6.07, 6.45) is 1.34. The first kappa shape index (κ1) is 7.92. The van der Waals surface area contributed by atoms with Gasteiger partial charge in [0.25, 0.3) is 0 Å². The van der Waals surface area contributed by atoms with Crippen molar-refractivity contribution in [3.05, 3.63) is 35.1 Å². The quantitative estimate of drug-likeness (QED) is 0.594. The number of rotatable bonds is 2. The average molecular weight is 152 g/mol. The van der Waals surface area contributed by atoms with Crippen LogP contribution in [0.2, 0.25) is 0 Å². The molecule has 0 saturated heterocycles. The maximum absolute atomic E-state index is 12.8. The zero-order valence-corrected chi connectivity index (χ0v) is 6.30.